The number of fused-ring (bicyclic) bond motifs is 1. The van der Waals surface area contributed by atoms with Gasteiger partial charge in [0.05, 0.1) is 18.8 Å². The minimum atomic E-state index is -0.599. The van der Waals surface area contributed by atoms with Crippen molar-refractivity contribution in [3.05, 3.63) is 0 Å². The topological polar surface area (TPSA) is 38.7 Å². The van der Waals surface area contributed by atoms with E-state index < -0.39 is 5.60 Å². The minimum absolute atomic E-state index is 0.0758. The molecule has 0 unspecified atom stereocenters. The minimum Gasteiger partial charge on any atom is -0.390 e. The summed E-state index contributed by atoms with van der Waals surface area (Å²) in [5, 5.41) is 10.8. The lowest BCUT2D eigenvalue weighted by atomic mass is 9.59. The van der Waals surface area contributed by atoms with Crippen molar-refractivity contribution in [1.82, 2.24) is 0 Å². The van der Waals surface area contributed by atoms with Gasteiger partial charge in [-0.2, -0.15) is 0 Å². The van der Waals surface area contributed by atoms with E-state index >= 15 is 0 Å². The Morgan fingerprint density at radius 3 is 2.37 bits per heavy atom. The van der Waals surface area contributed by atoms with E-state index in [1.807, 2.05) is 13.8 Å². The Morgan fingerprint density at radius 2 is 1.79 bits per heavy atom. The monoisotopic (exact) mass is 266 g/mol. The first kappa shape index (κ1) is 12.6. The predicted molar refractivity (Wildman–Crippen MR) is 71.5 cm³/mol. The Bertz CT molecular complexity index is 420. The fourth-order valence-corrected chi connectivity index (χ4v) is 6.70. The predicted octanol–water partition coefficient (Wildman–Crippen LogP) is 2.57. The Balaban J connectivity index is 1.83. The zero-order valence-corrected chi connectivity index (χ0v) is 12.5. The van der Waals surface area contributed by atoms with Crippen molar-refractivity contribution in [2.24, 2.45) is 28.6 Å². The number of rotatable bonds is 1. The van der Waals surface area contributed by atoms with Gasteiger partial charge in [-0.3, -0.25) is 0 Å². The lowest BCUT2D eigenvalue weighted by Crippen LogP contribution is -2.55. The van der Waals surface area contributed by atoms with Crippen LogP contribution >= 0.6 is 0 Å². The molecule has 0 radical (unpaired) electrons. The summed E-state index contributed by atoms with van der Waals surface area (Å²) in [5.41, 5.74) is -0.227. The summed E-state index contributed by atoms with van der Waals surface area (Å²) in [7, 11) is 0. The van der Waals surface area contributed by atoms with Gasteiger partial charge in [0.2, 0.25) is 0 Å². The summed E-state index contributed by atoms with van der Waals surface area (Å²) in [6, 6.07) is 0. The molecule has 1 heterocycles. The van der Waals surface area contributed by atoms with Crippen LogP contribution in [0.4, 0.5) is 0 Å². The quantitative estimate of drug-likeness (QED) is 0.793. The zero-order chi connectivity index (χ0) is 13.7. The molecular weight excluding hydrogens is 240 g/mol. The van der Waals surface area contributed by atoms with E-state index in [-0.39, 0.29) is 11.2 Å². The zero-order valence-electron chi connectivity index (χ0n) is 12.5. The maximum absolute atomic E-state index is 10.8. The molecule has 4 fully saturated rings. The fraction of sp³-hybridized carbons (Fsp3) is 1.00. The van der Waals surface area contributed by atoms with Crippen LogP contribution in [0.5, 0.6) is 0 Å². The summed E-state index contributed by atoms with van der Waals surface area (Å²) in [6.45, 7) is 10.2. The molecule has 0 amide bonds. The third-order valence-corrected chi connectivity index (χ3v) is 7.36. The first-order valence-electron chi connectivity index (χ1n) is 7.78. The van der Waals surface area contributed by atoms with E-state index in [2.05, 4.69) is 13.8 Å². The van der Waals surface area contributed by atoms with Crippen LogP contribution in [0.2, 0.25) is 0 Å². The standard InChI is InChI=1S/C16H26O3/c1-10-12-14(4)5-6-15(12,13(2,3)17)9-11(14)16(10)18-7-8-19-16/h10-12,17H,5-9H2,1-4H3/t10-,11+,12+,14-,15-/m0/s1. The molecule has 0 aromatic heterocycles. The SMILES string of the molecule is C[C@H]1[C@@H]2[C@@]3(C)CC[C@]2(C(C)(C)O)C[C@H]3C12OCCO2. The Labute approximate surface area is 115 Å². The lowest BCUT2D eigenvalue weighted by Gasteiger charge is -2.52. The van der Waals surface area contributed by atoms with E-state index in [0.717, 1.165) is 26.1 Å². The van der Waals surface area contributed by atoms with Crippen LogP contribution in [-0.4, -0.2) is 29.7 Å². The molecule has 1 aliphatic heterocycles. The molecule has 108 valence electrons. The second-order valence-corrected chi connectivity index (χ2v) is 8.16. The molecule has 3 aliphatic carbocycles. The second kappa shape index (κ2) is 3.20. The summed E-state index contributed by atoms with van der Waals surface area (Å²) < 4.78 is 12.2. The summed E-state index contributed by atoms with van der Waals surface area (Å²) in [6.07, 6.45) is 3.45. The molecule has 1 N–H and O–H groups in total. The summed E-state index contributed by atoms with van der Waals surface area (Å²) in [5.74, 6) is 1.05. The molecule has 1 spiro atoms. The Morgan fingerprint density at radius 1 is 1.16 bits per heavy atom. The maximum Gasteiger partial charge on any atom is 0.174 e. The summed E-state index contributed by atoms with van der Waals surface area (Å²) >= 11 is 0. The van der Waals surface area contributed by atoms with E-state index in [1.54, 1.807) is 0 Å². The van der Waals surface area contributed by atoms with Crippen molar-refractivity contribution in [1.29, 1.82) is 0 Å². The van der Waals surface area contributed by atoms with Crippen LogP contribution in [0, 0.1) is 28.6 Å². The van der Waals surface area contributed by atoms with Crippen LogP contribution < -0.4 is 0 Å². The number of ether oxygens (including phenoxy) is 2. The molecular formula is C16H26O3. The van der Waals surface area contributed by atoms with Crippen LogP contribution in [0.25, 0.3) is 0 Å². The highest BCUT2D eigenvalue weighted by molar-refractivity contribution is 5.27. The third-order valence-electron chi connectivity index (χ3n) is 7.36. The normalized spacial score (nSPS) is 54.5. The van der Waals surface area contributed by atoms with Crippen LogP contribution in [0.15, 0.2) is 0 Å². The summed E-state index contributed by atoms with van der Waals surface area (Å²) in [4.78, 5) is 0. The second-order valence-electron chi connectivity index (χ2n) is 8.16. The molecule has 4 bridgehead atoms. The van der Waals surface area contributed by atoms with Crippen molar-refractivity contribution < 1.29 is 14.6 Å². The first-order chi connectivity index (χ1) is 8.78. The van der Waals surface area contributed by atoms with E-state index in [9.17, 15) is 5.11 Å². The molecule has 3 saturated carbocycles. The van der Waals surface area contributed by atoms with E-state index in [0.29, 0.717) is 23.2 Å². The van der Waals surface area contributed by atoms with Gasteiger partial charge in [0.15, 0.2) is 5.79 Å². The highest BCUT2D eigenvalue weighted by Crippen LogP contribution is 2.81. The Hall–Kier alpha value is -0.120. The molecule has 1 saturated heterocycles. The number of aliphatic hydroxyl groups is 1. The van der Waals surface area contributed by atoms with Crippen LogP contribution in [0.1, 0.15) is 47.0 Å². The largest absolute Gasteiger partial charge is 0.390 e. The van der Waals surface area contributed by atoms with Crippen LogP contribution in [-0.2, 0) is 9.47 Å². The lowest BCUT2D eigenvalue weighted by molar-refractivity contribution is -0.254. The van der Waals surface area contributed by atoms with Crippen molar-refractivity contribution >= 4 is 0 Å². The average Bonchev–Trinajstić information content (AvgIpc) is 2.98. The van der Waals surface area contributed by atoms with Gasteiger partial charge in [-0.15, -0.1) is 0 Å². The Kier molecular flexibility index (Phi) is 2.13. The van der Waals surface area contributed by atoms with Gasteiger partial charge in [0, 0.05) is 17.3 Å². The number of hydrogen-bond acceptors (Lipinski definition) is 3. The van der Waals surface area contributed by atoms with Crippen molar-refractivity contribution in [3.63, 3.8) is 0 Å². The van der Waals surface area contributed by atoms with Gasteiger partial charge in [0.25, 0.3) is 0 Å². The fourth-order valence-electron chi connectivity index (χ4n) is 6.70. The van der Waals surface area contributed by atoms with Gasteiger partial charge < -0.3 is 14.6 Å². The highest BCUT2D eigenvalue weighted by atomic mass is 16.7. The maximum atomic E-state index is 10.8. The van der Waals surface area contributed by atoms with Gasteiger partial charge in [-0.1, -0.05) is 13.8 Å². The van der Waals surface area contributed by atoms with Crippen molar-refractivity contribution in [2.45, 2.75) is 58.3 Å². The van der Waals surface area contributed by atoms with Crippen molar-refractivity contribution in [3.8, 4) is 0 Å². The van der Waals surface area contributed by atoms with E-state index in [4.69, 9.17) is 9.47 Å². The van der Waals surface area contributed by atoms with Crippen molar-refractivity contribution in [2.75, 3.05) is 13.2 Å². The molecule has 5 atom stereocenters. The third kappa shape index (κ3) is 1.10. The van der Waals surface area contributed by atoms with Gasteiger partial charge in [0.1, 0.15) is 0 Å². The average molecular weight is 266 g/mol. The van der Waals surface area contributed by atoms with Gasteiger partial charge >= 0.3 is 0 Å². The van der Waals surface area contributed by atoms with Gasteiger partial charge in [-0.25, -0.2) is 0 Å². The molecule has 19 heavy (non-hydrogen) atoms. The smallest absolute Gasteiger partial charge is 0.174 e. The van der Waals surface area contributed by atoms with Crippen LogP contribution in [0.3, 0.4) is 0 Å². The molecule has 4 aliphatic rings. The molecule has 3 heteroatoms. The first-order valence-corrected chi connectivity index (χ1v) is 7.78. The molecule has 3 nitrogen and oxygen atoms in total. The molecule has 0 aromatic carbocycles. The van der Waals surface area contributed by atoms with Gasteiger partial charge in [-0.05, 0) is 44.4 Å². The number of hydrogen-bond donors (Lipinski definition) is 1. The highest BCUT2D eigenvalue weighted by Gasteiger charge is 2.81. The molecule has 4 rings (SSSR count). The van der Waals surface area contributed by atoms with E-state index in [1.165, 1.54) is 6.42 Å². The molecule has 0 aromatic rings.